The molecule has 1 N–H and O–H groups in total. The van der Waals surface area contributed by atoms with Gasteiger partial charge < -0.3 is 9.67 Å². The zero-order chi connectivity index (χ0) is 11.9. The second-order valence-corrected chi connectivity index (χ2v) is 5.24. The van der Waals surface area contributed by atoms with E-state index in [0.717, 1.165) is 24.5 Å². The molecule has 16 heavy (non-hydrogen) atoms. The monoisotopic (exact) mass is 286 g/mol. The first-order chi connectivity index (χ1) is 7.52. The first kappa shape index (κ1) is 11.6. The quantitative estimate of drug-likeness (QED) is 0.910. The predicted octanol–water partition coefficient (Wildman–Crippen LogP) is 2.73. The Bertz CT molecular complexity index is 426. The van der Waals surface area contributed by atoms with Crippen molar-refractivity contribution in [3.05, 3.63) is 16.1 Å². The molecular formula is C11H15BrN2O2. The fourth-order valence-electron chi connectivity index (χ4n) is 2.29. The minimum absolute atomic E-state index is 0.317. The van der Waals surface area contributed by atoms with E-state index < -0.39 is 11.9 Å². The third-order valence-electron chi connectivity index (χ3n) is 3.01. The molecule has 0 aromatic carbocycles. The average molecular weight is 287 g/mol. The largest absolute Gasteiger partial charge is 0.481 e. The van der Waals surface area contributed by atoms with Crippen LogP contribution in [-0.4, -0.2) is 20.6 Å². The van der Waals surface area contributed by atoms with Crippen molar-refractivity contribution in [3.63, 3.8) is 0 Å². The summed E-state index contributed by atoms with van der Waals surface area (Å²) in [6.45, 7) is 5.03. The number of carboxylic acids is 1. The number of aliphatic carboxylic acids is 1. The summed E-state index contributed by atoms with van der Waals surface area (Å²) in [5.41, 5.74) is 0.836. The maximum absolute atomic E-state index is 11.2. The van der Waals surface area contributed by atoms with Crippen LogP contribution in [0.2, 0.25) is 0 Å². The summed E-state index contributed by atoms with van der Waals surface area (Å²) in [6.07, 6.45) is 1.61. The fourth-order valence-corrected chi connectivity index (χ4v) is 2.96. The smallest absolute Gasteiger partial charge is 0.312 e. The molecule has 88 valence electrons. The highest BCUT2D eigenvalue weighted by molar-refractivity contribution is 9.10. The summed E-state index contributed by atoms with van der Waals surface area (Å²) < 4.78 is 2.76. The fraction of sp³-hybridized carbons (Fsp3) is 0.636. The molecule has 2 rings (SSSR count). The second-order valence-electron chi connectivity index (χ2n) is 4.49. The van der Waals surface area contributed by atoms with Crippen LogP contribution in [0, 0.1) is 0 Å². The van der Waals surface area contributed by atoms with E-state index in [1.54, 1.807) is 0 Å². The Hall–Kier alpha value is -0.840. The van der Waals surface area contributed by atoms with Gasteiger partial charge in [0, 0.05) is 12.5 Å². The molecule has 0 aliphatic carbocycles. The maximum Gasteiger partial charge on any atom is 0.312 e. The number of carbonyl (C=O) groups is 1. The van der Waals surface area contributed by atoms with Gasteiger partial charge in [-0.2, -0.15) is 0 Å². The Morgan fingerprint density at radius 1 is 1.62 bits per heavy atom. The van der Waals surface area contributed by atoms with Crippen LogP contribution in [-0.2, 0) is 11.3 Å². The molecule has 4 nitrogen and oxygen atoms in total. The van der Waals surface area contributed by atoms with Crippen LogP contribution >= 0.6 is 15.9 Å². The first-order valence-corrected chi connectivity index (χ1v) is 6.30. The summed E-state index contributed by atoms with van der Waals surface area (Å²) in [5.74, 6) is 0.130. The Morgan fingerprint density at radius 2 is 2.31 bits per heavy atom. The van der Waals surface area contributed by atoms with Gasteiger partial charge in [-0.15, -0.1) is 0 Å². The molecule has 1 atom stereocenters. The number of carboxylic acid groups (broad SMARTS) is 1. The van der Waals surface area contributed by atoms with Crippen molar-refractivity contribution < 1.29 is 9.90 Å². The number of imidazole rings is 1. The molecule has 0 bridgehead atoms. The lowest BCUT2D eigenvalue weighted by Gasteiger charge is -2.23. The molecule has 1 aromatic rings. The Kier molecular flexibility index (Phi) is 3.06. The van der Waals surface area contributed by atoms with Crippen LogP contribution < -0.4 is 0 Å². The van der Waals surface area contributed by atoms with Crippen LogP contribution in [0.4, 0.5) is 0 Å². The van der Waals surface area contributed by atoms with E-state index in [-0.39, 0.29) is 0 Å². The second kappa shape index (κ2) is 4.20. The van der Waals surface area contributed by atoms with Gasteiger partial charge in [0.1, 0.15) is 10.4 Å². The van der Waals surface area contributed by atoms with Crippen molar-refractivity contribution in [1.29, 1.82) is 0 Å². The minimum atomic E-state index is -0.753. The number of halogens is 1. The van der Waals surface area contributed by atoms with E-state index in [4.69, 9.17) is 0 Å². The van der Waals surface area contributed by atoms with E-state index in [0.29, 0.717) is 16.9 Å². The minimum Gasteiger partial charge on any atom is -0.481 e. The SMILES string of the molecule is CC(C)c1nc(Br)c2n1CCCC2C(=O)O. The zero-order valence-corrected chi connectivity index (χ0v) is 11.0. The normalized spacial score (nSPS) is 19.9. The van der Waals surface area contributed by atoms with Crippen molar-refractivity contribution >= 4 is 21.9 Å². The molecule has 0 saturated carbocycles. The number of hydrogen-bond donors (Lipinski definition) is 1. The molecule has 5 heteroatoms. The van der Waals surface area contributed by atoms with Crippen LogP contribution in [0.15, 0.2) is 4.60 Å². The number of nitrogens with zero attached hydrogens (tertiary/aromatic N) is 2. The topological polar surface area (TPSA) is 55.1 Å². The molecule has 0 saturated heterocycles. The molecular weight excluding hydrogens is 272 g/mol. The lowest BCUT2D eigenvalue weighted by atomic mass is 9.96. The number of rotatable bonds is 2. The predicted molar refractivity (Wildman–Crippen MR) is 63.6 cm³/mol. The van der Waals surface area contributed by atoms with Crippen LogP contribution in [0.25, 0.3) is 0 Å². The van der Waals surface area contributed by atoms with Gasteiger partial charge in [-0.1, -0.05) is 13.8 Å². The van der Waals surface area contributed by atoms with Gasteiger partial charge in [-0.25, -0.2) is 4.98 Å². The van der Waals surface area contributed by atoms with Crippen molar-refractivity contribution in [3.8, 4) is 0 Å². The molecule has 0 radical (unpaired) electrons. The molecule has 2 heterocycles. The van der Waals surface area contributed by atoms with E-state index in [9.17, 15) is 9.90 Å². The molecule has 0 fully saturated rings. The lowest BCUT2D eigenvalue weighted by molar-refractivity contribution is -0.139. The number of aromatic nitrogens is 2. The summed E-state index contributed by atoms with van der Waals surface area (Å²) in [4.78, 5) is 15.6. The molecule has 1 unspecified atom stereocenters. The Balaban J connectivity index is 2.53. The van der Waals surface area contributed by atoms with Crippen molar-refractivity contribution in [2.45, 2.75) is 45.1 Å². The third-order valence-corrected chi connectivity index (χ3v) is 3.59. The summed E-state index contributed by atoms with van der Waals surface area (Å²) in [5, 5.41) is 9.20. The number of fused-ring (bicyclic) bond motifs is 1. The van der Waals surface area contributed by atoms with E-state index in [1.807, 2.05) is 0 Å². The van der Waals surface area contributed by atoms with E-state index >= 15 is 0 Å². The van der Waals surface area contributed by atoms with Gasteiger partial charge in [0.2, 0.25) is 0 Å². The van der Waals surface area contributed by atoms with E-state index in [2.05, 4.69) is 39.3 Å². The van der Waals surface area contributed by atoms with Crippen LogP contribution in [0.3, 0.4) is 0 Å². The summed E-state index contributed by atoms with van der Waals surface area (Å²) >= 11 is 3.38. The standard InChI is InChI=1S/C11H15BrN2O2/c1-6(2)10-13-9(12)8-7(11(15)16)4-3-5-14(8)10/h6-7H,3-5H2,1-2H3,(H,15,16). The average Bonchev–Trinajstić information content (AvgIpc) is 2.56. The van der Waals surface area contributed by atoms with Gasteiger partial charge in [-0.05, 0) is 28.8 Å². The number of hydrogen-bond acceptors (Lipinski definition) is 2. The molecule has 1 aliphatic heterocycles. The van der Waals surface area contributed by atoms with Crippen molar-refractivity contribution in [1.82, 2.24) is 9.55 Å². The van der Waals surface area contributed by atoms with Gasteiger partial charge in [-0.3, -0.25) is 4.79 Å². The first-order valence-electron chi connectivity index (χ1n) is 5.51. The molecule has 1 aliphatic rings. The van der Waals surface area contributed by atoms with Crippen LogP contribution in [0.5, 0.6) is 0 Å². The highest BCUT2D eigenvalue weighted by atomic mass is 79.9. The van der Waals surface area contributed by atoms with Crippen LogP contribution in [0.1, 0.15) is 50.0 Å². The molecule has 0 amide bonds. The van der Waals surface area contributed by atoms with Gasteiger partial charge in [0.05, 0.1) is 11.6 Å². The summed E-state index contributed by atoms with van der Waals surface area (Å²) in [6, 6.07) is 0. The van der Waals surface area contributed by atoms with Gasteiger partial charge in [0.15, 0.2) is 0 Å². The highest BCUT2D eigenvalue weighted by Crippen LogP contribution is 2.35. The summed E-state index contributed by atoms with van der Waals surface area (Å²) in [7, 11) is 0. The maximum atomic E-state index is 11.2. The highest BCUT2D eigenvalue weighted by Gasteiger charge is 2.32. The lowest BCUT2D eigenvalue weighted by Crippen LogP contribution is -2.23. The third kappa shape index (κ3) is 1.77. The zero-order valence-electron chi connectivity index (χ0n) is 9.40. The Labute approximate surface area is 103 Å². The van der Waals surface area contributed by atoms with Gasteiger partial charge >= 0.3 is 5.97 Å². The van der Waals surface area contributed by atoms with Gasteiger partial charge in [0.25, 0.3) is 0 Å². The van der Waals surface area contributed by atoms with Crippen molar-refractivity contribution in [2.24, 2.45) is 0 Å². The van der Waals surface area contributed by atoms with E-state index in [1.165, 1.54) is 0 Å². The molecule has 0 spiro atoms. The molecule has 1 aromatic heterocycles. The van der Waals surface area contributed by atoms with Crippen molar-refractivity contribution in [2.75, 3.05) is 0 Å². The Morgan fingerprint density at radius 3 is 2.88 bits per heavy atom.